The summed E-state index contributed by atoms with van der Waals surface area (Å²) >= 11 is 6.52. The van der Waals surface area contributed by atoms with Crippen molar-refractivity contribution in [2.75, 3.05) is 13.1 Å². The summed E-state index contributed by atoms with van der Waals surface area (Å²) in [6.45, 7) is 4.28. The Morgan fingerprint density at radius 1 is 1.04 bits per heavy atom. The van der Waals surface area contributed by atoms with Crippen LogP contribution in [0.1, 0.15) is 56.2 Å². The zero-order valence-electron chi connectivity index (χ0n) is 28.3. The molecule has 2 amide bonds. The van der Waals surface area contributed by atoms with Crippen LogP contribution in [0.5, 0.6) is 5.75 Å². The number of hydrogen-bond donors (Lipinski definition) is 3. The van der Waals surface area contributed by atoms with Gasteiger partial charge in [0.1, 0.15) is 6.10 Å². The first kappa shape index (κ1) is 37.9. The quantitative estimate of drug-likeness (QED) is 0.170. The van der Waals surface area contributed by atoms with E-state index in [1.54, 1.807) is 18.7 Å². The van der Waals surface area contributed by atoms with E-state index in [2.05, 4.69) is 5.32 Å². The van der Waals surface area contributed by atoms with Crippen molar-refractivity contribution in [1.29, 1.82) is 0 Å². The topological polar surface area (TPSA) is 119 Å². The second-order valence-corrected chi connectivity index (χ2v) is 13.5. The molecule has 6 rings (SSSR count). The summed E-state index contributed by atoms with van der Waals surface area (Å²) in [7, 11) is 0. The van der Waals surface area contributed by atoms with E-state index in [9.17, 15) is 27.9 Å². The number of aliphatic hydroxyl groups is 1. The molecule has 3 aromatic carbocycles. The van der Waals surface area contributed by atoms with Gasteiger partial charge in [-0.25, -0.2) is 8.78 Å². The lowest BCUT2D eigenvalue weighted by molar-refractivity contribution is -0.140. The van der Waals surface area contributed by atoms with Crippen LogP contribution in [0.4, 0.5) is 13.2 Å². The number of carboxylic acid groups (broad SMARTS) is 1. The molecule has 0 aromatic heterocycles. The van der Waals surface area contributed by atoms with E-state index >= 15 is 0 Å². The van der Waals surface area contributed by atoms with Gasteiger partial charge in [-0.1, -0.05) is 54.1 Å². The molecule has 1 aliphatic carbocycles. The molecular formula is C38H41ClF3N3O6. The molecule has 51 heavy (non-hydrogen) atoms. The third-order valence-electron chi connectivity index (χ3n) is 9.23. The van der Waals surface area contributed by atoms with E-state index in [-0.39, 0.29) is 36.8 Å². The Morgan fingerprint density at radius 3 is 2.35 bits per heavy atom. The number of carbonyl (C=O) groups is 3. The molecule has 2 fully saturated rings. The van der Waals surface area contributed by atoms with Crippen LogP contribution in [0.15, 0.2) is 66.2 Å². The Labute approximate surface area is 299 Å². The molecule has 1 saturated heterocycles. The summed E-state index contributed by atoms with van der Waals surface area (Å²) < 4.78 is 47.5. The van der Waals surface area contributed by atoms with Gasteiger partial charge in [0.2, 0.25) is 11.7 Å². The predicted octanol–water partition coefficient (Wildman–Crippen LogP) is 5.76. The summed E-state index contributed by atoms with van der Waals surface area (Å²) in [6, 6.07) is 15.9. The number of benzene rings is 3. The fourth-order valence-corrected chi connectivity index (χ4v) is 7.02. The number of ether oxygens (including phenoxy) is 1. The van der Waals surface area contributed by atoms with Crippen LogP contribution >= 0.6 is 11.6 Å². The van der Waals surface area contributed by atoms with Gasteiger partial charge in [-0.05, 0) is 73.6 Å². The minimum absolute atomic E-state index is 0.0336. The van der Waals surface area contributed by atoms with E-state index in [0.29, 0.717) is 49.1 Å². The summed E-state index contributed by atoms with van der Waals surface area (Å²) in [5.41, 5.74) is 3.92. The fourth-order valence-electron chi connectivity index (χ4n) is 6.83. The van der Waals surface area contributed by atoms with Gasteiger partial charge in [0, 0.05) is 48.7 Å². The smallest absolute Gasteiger partial charge is 0.290 e. The lowest BCUT2D eigenvalue weighted by atomic mass is 9.81. The normalized spacial score (nSPS) is 19.4. The van der Waals surface area contributed by atoms with Crippen molar-refractivity contribution in [3.8, 4) is 5.75 Å². The van der Waals surface area contributed by atoms with Crippen LogP contribution in [0.2, 0.25) is 5.02 Å². The van der Waals surface area contributed by atoms with Crippen molar-refractivity contribution < 1.29 is 42.5 Å². The third kappa shape index (κ3) is 8.92. The Balaban J connectivity index is 0.00000162. The van der Waals surface area contributed by atoms with E-state index in [1.165, 1.54) is 0 Å². The number of carbonyl (C=O) groups excluding carboxylic acids is 2. The van der Waals surface area contributed by atoms with E-state index < -0.39 is 41.5 Å². The number of amides is 2. The number of aliphatic hydroxyl groups excluding tert-OH is 1. The van der Waals surface area contributed by atoms with Crippen LogP contribution in [-0.4, -0.2) is 81.7 Å². The van der Waals surface area contributed by atoms with Crippen molar-refractivity contribution in [2.45, 2.75) is 82.8 Å². The molecule has 4 atom stereocenters. The predicted molar refractivity (Wildman–Crippen MR) is 185 cm³/mol. The van der Waals surface area contributed by atoms with Gasteiger partial charge in [0.25, 0.3) is 12.4 Å². The van der Waals surface area contributed by atoms with Crippen molar-refractivity contribution in [1.82, 2.24) is 15.1 Å². The molecular weight excluding hydrogens is 687 g/mol. The molecule has 3 N–H and O–H groups in total. The largest absolute Gasteiger partial charge is 0.484 e. The number of fused-ring (bicyclic) bond motifs is 2. The summed E-state index contributed by atoms with van der Waals surface area (Å²) in [5.74, 6) is -4.61. The SMILES string of the molecule is CC(Cc1ccc(C2=C(C(=O)N(Cc3ccccc3Cl)C3CC3)[C@H]3CNC[C@@H](C2)N3C(=O)C[C@H](C)O)cc1)Oc1c(F)ccc(F)c1F.O=CO. The molecule has 1 saturated carbocycles. The summed E-state index contributed by atoms with van der Waals surface area (Å²) in [5, 5.41) is 20.9. The molecule has 2 bridgehead atoms. The minimum Gasteiger partial charge on any atom is -0.484 e. The highest BCUT2D eigenvalue weighted by Gasteiger charge is 2.46. The number of hydrogen-bond acceptors (Lipinski definition) is 6. The van der Waals surface area contributed by atoms with Crippen molar-refractivity contribution in [2.24, 2.45) is 0 Å². The average Bonchev–Trinajstić information content (AvgIpc) is 3.93. The standard InChI is InChI=1S/C37H39ClF3N3O4.CH2O2/c1-21(45)15-33(46)44-27-17-28(24-9-7-23(8-10-24)16-22(2)48-36-31(40)14-13-30(39)35(36)41)34(32(44)19-42-18-27)37(47)43(26-11-12-26)20-25-5-3-4-6-29(25)38;2-1-3/h3-10,13-14,21-22,26-27,32,42,45H,11-12,15-20H2,1-2H3;1H,(H,2,3)/t21-,22?,27+,32+;/m0./s1. The molecule has 2 aliphatic heterocycles. The molecule has 3 aliphatic rings. The third-order valence-corrected chi connectivity index (χ3v) is 9.60. The molecule has 1 unspecified atom stereocenters. The zero-order chi connectivity index (χ0) is 36.8. The molecule has 272 valence electrons. The highest BCUT2D eigenvalue weighted by molar-refractivity contribution is 6.31. The average molecular weight is 728 g/mol. The number of piperazine rings is 1. The Kier molecular flexibility index (Phi) is 12.4. The van der Waals surface area contributed by atoms with Crippen molar-refractivity contribution in [3.63, 3.8) is 0 Å². The number of nitrogens with zero attached hydrogens (tertiary/aromatic N) is 2. The van der Waals surface area contributed by atoms with Crippen molar-refractivity contribution >= 4 is 35.5 Å². The van der Waals surface area contributed by atoms with Crippen LogP contribution < -0.4 is 10.1 Å². The van der Waals surface area contributed by atoms with E-state index in [1.807, 2.05) is 53.4 Å². The first-order chi connectivity index (χ1) is 24.4. The number of rotatable bonds is 11. The van der Waals surface area contributed by atoms with Crippen LogP contribution in [0.25, 0.3) is 5.57 Å². The maximum Gasteiger partial charge on any atom is 0.290 e. The van der Waals surface area contributed by atoms with Gasteiger partial charge in [-0.3, -0.25) is 14.4 Å². The van der Waals surface area contributed by atoms with Crippen LogP contribution in [0, 0.1) is 17.5 Å². The zero-order valence-corrected chi connectivity index (χ0v) is 29.1. The van der Waals surface area contributed by atoms with Gasteiger partial charge >= 0.3 is 0 Å². The van der Waals surface area contributed by atoms with Gasteiger partial charge in [0.05, 0.1) is 18.6 Å². The van der Waals surface area contributed by atoms with Gasteiger partial charge in [-0.2, -0.15) is 4.39 Å². The minimum atomic E-state index is -1.37. The maximum atomic E-state index is 14.7. The Bertz CT molecular complexity index is 1770. The summed E-state index contributed by atoms with van der Waals surface area (Å²) in [6.07, 6.45) is 0.993. The fraction of sp³-hybridized carbons (Fsp3) is 0.395. The molecule has 13 heteroatoms. The Morgan fingerprint density at radius 2 is 1.71 bits per heavy atom. The first-order valence-corrected chi connectivity index (χ1v) is 17.3. The molecule has 3 aromatic rings. The first-order valence-electron chi connectivity index (χ1n) is 16.9. The monoisotopic (exact) mass is 727 g/mol. The number of nitrogens with one attached hydrogen (secondary N) is 1. The molecule has 2 heterocycles. The van der Waals surface area contributed by atoms with Gasteiger partial charge in [-0.15, -0.1) is 0 Å². The van der Waals surface area contributed by atoms with Crippen LogP contribution in [-0.2, 0) is 27.3 Å². The maximum absolute atomic E-state index is 14.7. The Hall–Kier alpha value is -4.39. The molecule has 0 radical (unpaired) electrons. The van der Waals surface area contributed by atoms with Gasteiger partial charge < -0.3 is 30.1 Å². The van der Waals surface area contributed by atoms with Crippen LogP contribution in [0.3, 0.4) is 0 Å². The van der Waals surface area contributed by atoms with Gasteiger partial charge in [0.15, 0.2) is 17.4 Å². The highest BCUT2D eigenvalue weighted by Crippen LogP contribution is 2.40. The lowest BCUT2D eigenvalue weighted by Gasteiger charge is -2.48. The van der Waals surface area contributed by atoms with E-state index in [4.69, 9.17) is 26.2 Å². The van der Waals surface area contributed by atoms with E-state index in [0.717, 1.165) is 41.2 Å². The molecule has 0 spiro atoms. The second-order valence-electron chi connectivity index (χ2n) is 13.1. The molecule has 9 nitrogen and oxygen atoms in total. The van der Waals surface area contributed by atoms with Crippen molar-refractivity contribution in [3.05, 3.63) is 105 Å². The second kappa shape index (κ2) is 16.8. The number of halogens is 4. The highest BCUT2D eigenvalue weighted by atomic mass is 35.5. The lowest BCUT2D eigenvalue weighted by Crippen LogP contribution is -2.63. The summed E-state index contributed by atoms with van der Waals surface area (Å²) in [4.78, 5) is 40.3.